The maximum atomic E-state index is 8.06. The highest BCUT2D eigenvalue weighted by atomic mass is 14.2. The lowest BCUT2D eigenvalue weighted by molar-refractivity contribution is 1.55. The Labute approximate surface area is 102 Å². The van der Waals surface area contributed by atoms with Gasteiger partial charge in [0, 0.05) is 41.4 Å². The molecule has 0 bridgehead atoms. The first-order valence-corrected chi connectivity index (χ1v) is 4.22. The van der Waals surface area contributed by atoms with Crippen molar-refractivity contribution in [3.8, 4) is 89.0 Å². The predicted octanol–water partition coefficient (Wildman–Crippen LogP) is 0.554. The van der Waals surface area contributed by atoms with E-state index in [9.17, 15) is 0 Å². The maximum Gasteiger partial charge on any atom is 0.153 e. The molecule has 0 aromatic carbocycles. The lowest BCUT2D eigenvalue weighted by Gasteiger charge is -1.55. The smallest absolute Gasteiger partial charge is 0.153 e. The van der Waals surface area contributed by atoms with E-state index in [-0.39, 0.29) is 0 Å². The van der Waals surface area contributed by atoms with Crippen LogP contribution < -0.4 is 0 Å². The molecule has 0 fully saturated rings. The van der Waals surface area contributed by atoms with Gasteiger partial charge in [0.05, 0.1) is 0 Å². The highest BCUT2D eigenvalue weighted by molar-refractivity contribution is 5.45. The van der Waals surface area contributed by atoms with Crippen LogP contribution in [0.1, 0.15) is 6.92 Å². The van der Waals surface area contributed by atoms with Gasteiger partial charge in [-0.2, -0.15) is 5.26 Å². The Bertz CT molecular complexity index is 739. The minimum absolute atomic E-state index is 1.63. The zero-order valence-electron chi connectivity index (χ0n) is 8.95. The van der Waals surface area contributed by atoms with E-state index in [1.165, 1.54) is 0 Å². The third kappa shape index (κ3) is 12.4. The van der Waals surface area contributed by atoms with Crippen LogP contribution in [0.25, 0.3) is 0 Å². The molecule has 0 N–H and O–H groups in total. The Morgan fingerprint density at radius 2 is 0.765 bits per heavy atom. The van der Waals surface area contributed by atoms with Crippen molar-refractivity contribution in [2.45, 2.75) is 6.92 Å². The first-order chi connectivity index (χ1) is 8.41. The summed E-state index contributed by atoms with van der Waals surface area (Å²) < 4.78 is 0. The highest BCUT2D eigenvalue weighted by Gasteiger charge is 1.57. The van der Waals surface area contributed by atoms with Crippen molar-refractivity contribution in [2.75, 3.05) is 0 Å². The average molecular weight is 209 g/mol. The van der Waals surface area contributed by atoms with Crippen molar-refractivity contribution >= 4 is 0 Å². The molecule has 17 heavy (non-hydrogen) atoms. The summed E-state index contributed by atoms with van der Waals surface area (Å²) >= 11 is 0. The van der Waals surface area contributed by atoms with Crippen LogP contribution in [-0.4, -0.2) is 0 Å². The highest BCUT2D eigenvalue weighted by Crippen LogP contribution is 1.57. The van der Waals surface area contributed by atoms with Gasteiger partial charge >= 0.3 is 0 Å². The van der Waals surface area contributed by atoms with Crippen LogP contribution in [0.3, 0.4) is 0 Å². The monoisotopic (exact) mass is 209 g/mol. The standard InChI is InChI=1S/C16H3N/c1-2-3-4-5-6-7-8-9-10-11-12-13-14-15-16-17/h1H3. The zero-order valence-corrected chi connectivity index (χ0v) is 8.95. The number of nitriles is 1. The Kier molecular flexibility index (Phi) is 9.79. The molecule has 0 spiro atoms. The molecule has 0 amide bonds. The van der Waals surface area contributed by atoms with Gasteiger partial charge in [-0.25, -0.2) is 0 Å². The van der Waals surface area contributed by atoms with Crippen LogP contribution >= 0.6 is 0 Å². The van der Waals surface area contributed by atoms with Crippen molar-refractivity contribution < 1.29 is 0 Å². The molecule has 0 unspecified atom stereocenters. The lowest BCUT2D eigenvalue weighted by atomic mass is 10.5. The third-order valence-corrected chi connectivity index (χ3v) is 0.931. The Balaban J connectivity index is 4.27. The Hall–Kier alpha value is -3.59. The molecule has 0 saturated carbocycles. The van der Waals surface area contributed by atoms with Crippen molar-refractivity contribution in [3.05, 3.63) is 0 Å². The van der Waals surface area contributed by atoms with Gasteiger partial charge in [-0.1, -0.05) is 5.92 Å². The summed E-state index contributed by atoms with van der Waals surface area (Å²) in [5.74, 6) is 34.1. The minimum atomic E-state index is 1.63. The normalized spacial score (nSPS) is 3.76. The van der Waals surface area contributed by atoms with Gasteiger partial charge in [0.2, 0.25) is 0 Å². The molecule has 0 aromatic rings. The van der Waals surface area contributed by atoms with E-state index in [0.717, 1.165) is 0 Å². The van der Waals surface area contributed by atoms with Gasteiger partial charge in [-0.05, 0) is 42.4 Å². The number of hydrogen-bond donors (Lipinski definition) is 0. The first-order valence-electron chi connectivity index (χ1n) is 4.22. The molecule has 1 heteroatoms. The van der Waals surface area contributed by atoms with Crippen molar-refractivity contribution in [3.63, 3.8) is 0 Å². The number of rotatable bonds is 0. The largest absolute Gasteiger partial charge is 0.183 e. The molecular weight excluding hydrogens is 206 g/mol. The molecule has 0 heterocycles. The van der Waals surface area contributed by atoms with Gasteiger partial charge in [-0.3, -0.25) is 0 Å². The molecule has 0 aliphatic rings. The Morgan fingerprint density at radius 1 is 0.471 bits per heavy atom. The topological polar surface area (TPSA) is 23.8 Å². The number of hydrogen-bond acceptors (Lipinski definition) is 1. The van der Waals surface area contributed by atoms with Gasteiger partial charge in [-0.15, -0.1) is 0 Å². The van der Waals surface area contributed by atoms with Gasteiger partial charge in [0.15, 0.2) is 6.07 Å². The second kappa shape index (κ2) is 12.4. The van der Waals surface area contributed by atoms with E-state index < -0.39 is 0 Å². The second-order valence-corrected chi connectivity index (χ2v) is 1.99. The molecule has 0 atom stereocenters. The number of nitrogens with zero attached hydrogens (tertiary/aromatic N) is 1. The molecule has 0 aromatic heterocycles. The minimum Gasteiger partial charge on any atom is -0.183 e. The van der Waals surface area contributed by atoms with E-state index in [2.05, 4.69) is 82.9 Å². The van der Waals surface area contributed by atoms with Crippen molar-refractivity contribution in [2.24, 2.45) is 0 Å². The SMILES string of the molecule is CC#CC#CC#CC#CC#CC#CC#CC#N. The average Bonchev–Trinajstić information content (AvgIpc) is 2.35. The summed E-state index contributed by atoms with van der Waals surface area (Å²) in [5, 5.41) is 8.06. The molecular formula is C16H3N. The Morgan fingerprint density at radius 3 is 1.06 bits per heavy atom. The quantitative estimate of drug-likeness (QED) is 0.535. The van der Waals surface area contributed by atoms with E-state index in [0.29, 0.717) is 0 Å². The van der Waals surface area contributed by atoms with Crippen LogP contribution in [0.4, 0.5) is 0 Å². The van der Waals surface area contributed by atoms with E-state index in [4.69, 9.17) is 5.26 Å². The van der Waals surface area contributed by atoms with E-state index in [1.807, 2.05) is 0 Å². The maximum absolute atomic E-state index is 8.06. The third-order valence-electron chi connectivity index (χ3n) is 0.931. The van der Waals surface area contributed by atoms with Gasteiger partial charge in [0.25, 0.3) is 0 Å². The lowest BCUT2D eigenvalue weighted by Crippen LogP contribution is -1.55. The molecule has 0 aliphatic heterocycles. The summed E-state index contributed by atoms with van der Waals surface area (Å²) in [6, 6.07) is 1.63. The summed E-state index contributed by atoms with van der Waals surface area (Å²) in [6.07, 6.45) is 0. The predicted molar refractivity (Wildman–Crippen MR) is 65.7 cm³/mol. The van der Waals surface area contributed by atoms with Crippen LogP contribution in [0.2, 0.25) is 0 Å². The van der Waals surface area contributed by atoms with Crippen LogP contribution in [-0.2, 0) is 0 Å². The molecule has 1 nitrogen and oxygen atoms in total. The fourth-order valence-electron chi connectivity index (χ4n) is 0.434. The molecule has 72 valence electrons. The summed E-state index contributed by atoms with van der Waals surface area (Å²) in [4.78, 5) is 0. The van der Waals surface area contributed by atoms with Crippen molar-refractivity contribution in [1.82, 2.24) is 0 Å². The summed E-state index contributed by atoms with van der Waals surface area (Å²) in [6.45, 7) is 1.69. The molecule has 0 radical (unpaired) electrons. The van der Waals surface area contributed by atoms with E-state index >= 15 is 0 Å². The molecule has 0 rings (SSSR count). The second-order valence-electron chi connectivity index (χ2n) is 1.99. The first kappa shape index (κ1) is 13.4. The summed E-state index contributed by atoms with van der Waals surface area (Å²) in [5.41, 5.74) is 0. The fourth-order valence-corrected chi connectivity index (χ4v) is 0.434. The zero-order chi connectivity index (χ0) is 12.6. The molecule has 0 saturated heterocycles. The fraction of sp³-hybridized carbons (Fsp3) is 0.0625. The van der Waals surface area contributed by atoms with Crippen LogP contribution in [0.15, 0.2) is 0 Å². The van der Waals surface area contributed by atoms with Crippen LogP contribution in [0.5, 0.6) is 0 Å². The van der Waals surface area contributed by atoms with E-state index in [1.54, 1.807) is 13.0 Å². The van der Waals surface area contributed by atoms with Gasteiger partial charge < -0.3 is 0 Å². The van der Waals surface area contributed by atoms with Crippen molar-refractivity contribution in [1.29, 1.82) is 5.26 Å². The molecule has 0 aliphatic carbocycles. The van der Waals surface area contributed by atoms with Crippen LogP contribution in [0, 0.1) is 94.2 Å². The summed E-state index contributed by atoms with van der Waals surface area (Å²) in [7, 11) is 0. The van der Waals surface area contributed by atoms with Gasteiger partial charge in [0.1, 0.15) is 0 Å².